The largest absolute Gasteiger partial charge is 0.492 e. The molecule has 0 aliphatic carbocycles. The lowest BCUT2D eigenvalue weighted by Crippen LogP contribution is -2.32. The fourth-order valence-corrected chi connectivity index (χ4v) is 4.72. The molecule has 1 heterocycles. The van der Waals surface area contributed by atoms with Gasteiger partial charge >= 0.3 is 0 Å². The second-order valence-corrected chi connectivity index (χ2v) is 9.96. The van der Waals surface area contributed by atoms with Crippen molar-refractivity contribution in [2.75, 3.05) is 13.2 Å². The van der Waals surface area contributed by atoms with Crippen molar-refractivity contribution in [2.24, 2.45) is 0 Å². The second-order valence-electron chi connectivity index (χ2n) is 7.24. The van der Waals surface area contributed by atoms with Crippen LogP contribution in [0.15, 0.2) is 76.1 Å². The van der Waals surface area contributed by atoms with E-state index in [1.807, 2.05) is 42.5 Å². The van der Waals surface area contributed by atoms with Crippen LogP contribution in [0, 0.1) is 0 Å². The van der Waals surface area contributed by atoms with E-state index in [0.29, 0.717) is 33.1 Å². The van der Waals surface area contributed by atoms with Crippen LogP contribution in [0.5, 0.6) is 11.5 Å². The summed E-state index contributed by atoms with van der Waals surface area (Å²) in [6.07, 6.45) is 1.69. The first kappa shape index (κ1) is 24.7. The number of amides is 2. The zero-order valence-corrected chi connectivity index (χ0v) is 21.6. The smallest absolute Gasteiger partial charge is 0.293 e. The minimum atomic E-state index is -0.339. The van der Waals surface area contributed by atoms with Crippen LogP contribution < -0.4 is 9.47 Å². The molecule has 4 rings (SSSR count). The number of ether oxygens (including phenoxy) is 2. The predicted molar refractivity (Wildman–Crippen MR) is 140 cm³/mol. The van der Waals surface area contributed by atoms with Gasteiger partial charge in [0.25, 0.3) is 11.1 Å². The normalized spacial score (nSPS) is 14.7. The number of hydrogen-bond acceptors (Lipinski definition) is 5. The summed E-state index contributed by atoms with van der Waals surface area (Å²) in [6.45, 7) is 0.746. The lowest BCUT2D eigenvalue weighted by Gasteiger charge is -2.13. The van der Waals surface area contributed by atoms with Crippen molar-refractivity contribution in [3.63, 3.8) is 0 Å². The summed E-state index contributed by atoms with van der Waals surface area (Å²) < 4.78 is 12.2. The molecule has 0 spiro atoms. The third-order valence-electron chi connectivity index (χ3n) is 4.83. The summed E-state index contributed by atoms with van der Waals surface area (Å²) >= 11 is 16.2. The van der Waals surface area contributed by atoms with Crippen molar-refractivity contribution in [2.45, 2.75) is 6.61 Å². The molecule has 0 unspecified atom stereocenters. The summed E-state index contributed by atoms with van der Waals surface area (Å²) in [5, 5.41) is 0.960. The van der Waals surface area contributed by atoms with E-state index in [0.717, 1.165) is 27.4 Å². The molecule has 34 heavy (non-hydrogen) atoms. The highest BCUT2D eigenvalue weighted by Gasteiger charge is 2.34. The summed E-state index contributed by atoms with van der Waals surface area (Å²) in [5.41, 5.74) is 1.77. The predicted octanol–water partition coefficient (Wildman–Crippen LogP) is 7.45. The van der Waals surface area contributed by atoms with Crippen LogP contribution in [-0.4, -0.2) is 29.2 Å². The molecule has 0 bridgehead atoms. The van der Waals surface area contributed by atoms with Crippen molar-refractivity contribution in [3.8, 4) is 11.5 Å². The van der Waals surface area contributed by atoms with Crippen molar-refractivity contribution >= 4 is 68.1 Å². The van der Waals surface area contributed by atoms with Crippen molar-refractivity contribution in [1.82, 2.24) is 4.90 Å². The van der Waals surface area contributed by atoms with E-state index in [4.69, 9.17) is 32.7 Å². The highest BCUT2D eigenvalue weighted by molar-refractivity contribution is 9.10. The zero-order chi connectivity index (χ0) is 24.1. The molecule has 0 N–H and O–H groups in total. The van der Waals surface area contributed by atoms with Crippen LogP contribution in [0.3, 0.4) is 0 Å². The van der Waals surface area contributed by atoms with Gasteiger partial charge in [0.05, 0.1) is 15.9 Å². The Morgan fingerprint density at radius 3 is 2.26 bits per heavy atom. The first-order valence-corrected chi connectivity index (χ1v) is 12.6. The fourth-order valence-electron chi connectivity index (χ4n) is 3.10. The van der Waals surface area contributed by atoms with E-state index in [-0.39, 0.29) is 24.3 Å². The molecule has 2 amide bonds. The molecule has 1 saturated heterocycles. The molecular formula is C25H18BrCl2NO4S. The van der Waals surface area contributed by atoms with Gasteiger partial charge in [0.15, 0.2) is 0 Å². The van der Waals surface area contributed by atoms with Gasteiger partial charge in [-0.05, 0) is 93.4 Å². The van der Waals surface area contributed by atoms with Gasteiger partial charge < -0.3 is 9.47 Å². The Kier molecular flexibility index (Phi) is 8.21. The number of nitrogens with zero attached hydrogens (tertiary/aromatic N) is 1. The fraction of sp³-hybridized carbons (Fsp3) is 0.120. The molecule has 0 radical (unpaired) electrons. The average molecular weight is 579 g/mol. The van der Waals surface area contributed by atoms with E-state index in [1.54, 1.807) is 30.3 Å². The van der Waals surface area contributed by atoms with E-state index in [1.165, 1.54) is 4.90 Å². The van der Waals surface area contributed by atoms with E-state index in [2.05, 4.69) is 15.9 Å². The number of thioether (sulfide) groups is 1. The van der Waals surface area contributed by atoms with Gasteiger partial charge in [-0.15, -0.1) is 0 Å². The first-order valence-electron chi connectivity index (χ1n) is 10.2. The SMILES string of the molecule is O=C1S/C(=C\c2ccc(OCc3ccc(Cl)cc3)c(Br)c2)C(=O)N1CCOc1ccc(Cl)cc1. The Morgan fingerprint density at radius 2 is 1.59 bits per heavy atom. The Morgan fingerprint density at radius 1 is 0.912 bits per heavy atom. The summed E-state index contributed by atoms with van der Waals surface area (Å²) in [5.74, 6) is 0.948. The number of benzene rings is 3. The topological polar surface area (TPSA) is 55.8 Å². The Balaban J connectivity index is 1.35. The van der Waals surface area contributed by atoms with Crippen molar-refractivity contribution in [1.29, 1.82) is 0 Å². The standard InChI is InChI=1S/C25H18BrCl2NO4S/c26-21-13-17(3-10-22(21)33-15-16-1-4-18(27)5-2-16)14-23-24(30)29(25(31)34-23)11-12-32-20-8-6-19(28)7-9-20/h1-10,13-14H,11-12,15H2/b23-14-. The molecule has 1 fully saturated rings. The second kappa shape index (κ2) is 11.3. The van der Waals surface area contributed by atoms with Gasteiger partial charge in [0.2, 0.25) is 0 Å². The van der Waals surface area contributed by atoms with Crippen LogP contribution >= 0.6 is 50.9 Å². The minimum absolute atomic E-state index is 0.159. The van der Waals surface area contributed by atoms with Crippen LogP contribution in [0.1, 0.15) is 11.1 Å². The number of carbonyl (C=O) groups excluding carboxylic acids is 2. The lowest BCUT2D eigenvalue weighted by molar-refractivity contribution is -0.123. The van der Waals surface area contributed by atoms with Crippen molar-refractivity contribution in [3.05, 3.63) is 97.3 Å². The molecule has 0 saturated carbocycles. The Hall–Kier alpha value is -2.45. The third kappa shape index (κ3) is 6.36. The van der Waals surface area contributed by atoms with Gasteiger partial charge in [0, 0.05) is 10.0 Å². The summed E-state index contributed by atoms with van der Waals surface area (Å²) in [6, 6.07) is 19.8. The Labute approximate surface area is 219 Å². The zero-order valence-electron chi connectivity index (χ0n) is 17.7. The van der Waals surface area contributed by atoms with Crippen LogP contribution in [0.25, 0.3) is 6.08 Å². The number of hydrogen-bond donors (Lipinski definition) is 0. The number of carbonyl (C=O) groups is 2. The maximum Gasteiger partial charge on any atom is 0.293 e. The van der Waals surface area contributed by atoms with Gasteiger partial charge in [-0.3, -0.25) is 14.5 Å². The molecule has 1 aliphatic heterocycles. The van der Waals surface area contributed by atoms with Gasteiger partial charge in [-0.25, -0.2) is 0 Å². The van der Waals surface area contributed by atoms with E-state index >= 15 is 0 Å². The molecular weight excluding hydrogens is 561 g/mol. The first-order chi connectivity index (χ1) is 16.4. The minimum Gasteiger partial charge on any atom is -0.492 e. The van der Waals surface area contributed by atoms with Crippen LogP contribution in [-0.2, 0) is 11.4 Å². The maximum absolute atomic E-state index is 12.7. The molecule has 3 aromatic rings. The quantitative estimate of drug-likeness (QED) is 0.260. The highest BCUT2D eigenvalue weighted by Crippen LogP contribution is 2.34. The van der Waals surface area contributed by atoms with Gasteiger partial charge in [-0.2, -0.15) is 0 Å². The number of halogens is 3. The van der Waals surface area contributed by atoms with E-state index < -0.39 is 0 Å². The van der Waals surface area contributed by atoms with Gasteiger partial charge in [0.1, 0.15) is 24.7 Å². The van der Waals surface area contributed by atoms with Crippen LogP contribution in [0.4, 0.5) is 4.79 Å². The highest BCUT2D eigenvalue weighted by atomic mass is 79.9. The Bertz CT molecular complexity index is 1230. The number of imide groups is 1. The monoisotopic (exact) mass is 577 g/mol. The third-order valence-corrected chi connectivity index (χ3v) is 6.86. The molecule has 0 aromatic heterocycles. The molecule has 1 aliphatic rings. The maximum atomic E-state index is 12.7. The van der Waals surface area contributed by atoms with Crippen LogP contribution in [0.2, 0.25) is 10.0 Å². The van der Waals surface area contributed by atoms with Crippen molar-refractivity contribution < 1.29 is 19.1 Å². The molecule has 0 atom stereocenters. The average Bonchev–Trinajstić information content (AvgIpc) is 3.08. The van der Waals surface area contributed by atoms with E-state index in [9.17, 15) is 9.59 Å². The molecule has 9 heteroatoms. The van der Waals surface area contributed by atoms with Gasteiger partial charge in [-0.1, -0.05) is 41.4 Å². The molecule has 5 nitrogen and oxygen atoms in total. The summed E-state index contributed by atoms with van der Waals surface area (Å²) in [7, 11) is 0. The number of rotatable bonds is 8. The molecule has 174 valence electrons. The molecule has 3 aromatic carbocycles. The lowest BCUT2D eigenvalue weighted by atomic mass is 10.2. The summed E-state index contributed by atoms with van der Waals surface area (Å²) in [4.78, 5) is 26.6.